The molecule has 4 aliphatic carbocycles. The molecule has 0 aromatic rings. The van der Waals surface area contributed by atoms with E-state index in [1.54, 1.807) is 6.92 Å². The van der Waals surface area contributed by atoms with Crippen LogP contribution in [0.5, 0.6) is 0 Å². The van der Waals surface area contributed by atoms with E-state index in [2.05, 4.69) is 26.8 Å². The van der Waals surface area contributed by atoms with Crippen molar-refractivity contribution >= 4 is 11.8 Å². The number of aliphatic hydroxyl groups is 2. The van der Waals surface area contributed by atoms with Gasteiger partial charge in [-0.3, -0.25) is 9.59 Å². The van der Waals surface area contributed by atoms with Crippen molar-refractivity contribution in [2.75, 3.05) is 6.61 Å². The zero-order valence-corrected chi connectivity index (χ0v) is 20.4. The summed E-state index contributed by atoms with van der Waals surface area (Å²) in [7, 11) is 0. The van der Waals surface area contributed by atoms with Gasteiger partial charge in [0.15, 0.2) is 5.78 Å². The second kappa shape index (κ2) is 7.00. The van der Waals surface area contributed by atoms with Gasteiger partial charge in [0, 0.05) is 23.7 Å². The minimum Gasteiger partial charge on any atom is -0.457 e. The lowest BCUT2D eigenvalue weighted by atomic mass is 9.63. The number of aliphatic hydroxyl groups excluding tert-OH is 1. The lowest BCUT2D eigenvalue weighted by molar-refractivity contribution is -0.163. The largest absolute Gasteiger partial charge is 0.457 e. The minimum atomic E-state index is -1.50. The molecule has 0 aromatic carbocycles. The van der Waals surface area contributed by atoms with Crippen molar-refractivity contribution in [2.24, 2.45) is 46.2 Å². The van der Waals surface area contributed by atoms with Crippen LogP contribution >= 0.6 is 0 Å². The van der Waals surface area contributed by atoms with Crippen LogP contribution in [0.15, 0.2) is 23.3 Å². The molecule has 6 nitrogen and oxygen atoms in total. The highest BCUT2D eigenvalue weighted by Gasteiger charge is 2.80. The van der Waals surface area contributed by atoms with Crippen LogP contribution < -0.4 is 5.73 Å². The molecule has 32 heavy (non-hydrogen) atoms. The van der Waals surface area contributed by atoms with Gasteiger partial charge in [-0.1, -0.05) is 53.7 Å². The van der Waals surface area contributed by atoms with Crippen molar-refractivity contribution in [3.05, 3.63) is 23.3 Å². The van der Waals surface area contributed by atoms with Crippen LogP contribution in [0.25, 0.3) is 0 Å². The third kappa shape index (κ3) is 3.02. The van der Waals surface area contributed by atoms with Crippen LogP contribution in [-0.2, 0) is 14.3 Å². The first kappa shape index (κ1) is 23.7. The Labute approximate surface area is 191 Å². The number of carbonyl (C=O) groups is 2. The first-order chi connectivity index (χ1) is 14.6. The van der Waals surface area contributed by atoms with Crippen molar-refractivity contribution in [2.45, 2.75) is 78.6 Å². The Morgan fingerprint density at radius 3 is 2.50 bits per heavy atom. The van der Waals surface area contributed by atoms with Gasteiger partial charge in [0.25, 0.3) is 0 Å². The molecule has 0 spiro atoms. The third-order valence-electron chi connectivity index (χ3n) is 9.14. The predicted octanol–water partition coefficient (Wildman–Crippen LogP) is 2.77. The van der Waals surface area contributed by atoms with E-state index < -0.39 is 22.7 Å². The summed E-state index contributed by atoms with van der Waals surface area (Å²) in [6, 6.07) is -0.720. The smallest absolute Gasteiger partial charge is 0.324 e. The monoisotopic (exact) mass is 445 g/mol. The number of nitrogens with two attached hydrogens (primary N) is 1. The summed E-state index contributed by atoms with van der Waals surface area (Å²) in [6.45, 7) is 13.7. The molecule has 8 atom stereocenters. The van der Waals surface area contributed by atoms with Crippen LogP contribution in [-0.4, -0.2) is 45.8 Å². The normalized spacial score (nSPS) is 43.2. The van der Waals surface area contributed by atoms with Crippen LogP contribution in [0, 0.1) is 40.4 Å². The Bertz CT molecular complexity index is 912. The number of ketones is 1. The quantitative estimate of drug-likeness (QED) is 0.455. The average Bonchev–Trinajstić information content (AvgIpc) is 3.11. The Hall–Kier alpha value is -1.50. The van der Waals surface area contributed by atoms with Crippen molar-refractivity contribution < 1.29 is 24.5 Å². The molecule has 0 aliphatic heterocycles. The molecule has 4 N–H and O–H groups in total. The molecule has 4 rings (SSSR count). The Morgan fingerprint density at radius 2 is 1.94 bits per heavy atom. The molecule has 2 fully saturated rings. The highest BCUT2D eigenvalue weighted by molar-refractivity contribution is 6.04. The van der Waals surface area contributed by atoms with Gasteiger partial charge in [-0.15, -0.1) is 0 Å². The second-order valence-electron chi connectivity index (χ2n) is 12.5. The number of ether oxygens (including phenoxy) is 1. The number of fused-ring (bicyclic) bond motifs is 5. The number of hydrogen-bond acceptors (Lipinski definition) is 6. The Balaban J connectivity index is 1.74. The van der Waals surface area contributed by atoms with E-state index in [-0.39, 0.29) is 59.8 Å². The summed E-state index contributed by atoms with van der Waals surface area (Å²) >= 11 is 0. The van der Waals surface area contributed by atoms with Crippen LogP contribution in [0.3, 0.4) is 0 Å². The lowest BCUT2D eigenvalue weighted by Crippen LogP contribution is -2.50. The van der Waals surface area contributed by atoms with Crippen molar-refractivity contribution in [3.8, 4) is 0 Å². The van der Waals surface area contributed by atoms with Gasteiger partial charge in [-0.05, 0) is 47.7 Å². The van der Waals surface area contributed by atoms with E-state index in [1.165, 1.54) is 0 Å². The van der Waals surface area contributed by atoms with Gasteiger partial charge >= 0.3 is 5.97 Å². The Morgan fingerprint density at radius 1 is 1.31 bits per heavy atom. The lowest BCUT2D eigenvalue weighted by Gasteiger charge is -2.43. The molecule has 0 aromatic heterocycles. The number of hydrogen-bond donors (Lipinski definition) is 3. The number of allylic oxidation sites excluding steroid dienone is 1. The first-order valence-electron chi connectivity index (χ1n) is 11.9. The third-order valence-corrected chi connectivity index (χ3v) is 9.14. The fourth-order valence-electron chi connectivity index (χ4n) is 7.28. The van der Waals surface area contributed by atoms with Gasteiger partial charge in [-0.2, -0.15) is 0 Å². The predicted molar refractivity (Wildman–Crippen MR) is 121 cm³/mol. The second-order valence-corrected chi connectivity index (χ2v) is 12.5. The molecule has 178 valence electrons. The van der Waals surface area contributed by atoms with E-state index in [9.17, 15) is 19.8 Å². The molecule has 2 saturated carbocycles. The summed E-state index contributed by atoms with van der Waals surface area (Å²) in [4.78, 5) is 26.0. The summed E-state index contributed by atoms with van der Waals surface area (Å²) in [6.07, 6.45) is 4.83. The molecular weight excluding hydrogens is 406 g/mol. The zero-order valence-electron chi connectivity index (χ0n) is 20.4. The zero-order chi connectivity index (χ0) is 24.0. The maximum atomic E-state index is 13.1. The molecule has 4 aliphatic rings. The fraction of sp³-hybridized carbons (Fsp3) is 0.769. The van der Waals surface area contributed by atoms with Crippen molar-refractivity contribution in [1.29, 1.82) is 0 Å². The first-order valence-corrected chi connectivity index (χ1v) is 11.9. The molecule has 0 radical (unpaired) electrons. The number of esters is 1. The molecular formula is C26H39NO5. The standard InChI is InChI=1S/C26H39NO5/c1-13-8-17-18-14(2)10-26(32-22(30)20(27)23(3,4)5)19(24(26,6)7)16(18)9-15(12-28)11-25(17,31)21(13)29/h8-9,14,16-20,28,31H,10-12,27H2,1-7H3/t14-,16-,17+,18?,19-,20-,25-,26+/m1/s1. The SMILES string of the molecule is CC1=C[C@H]2C3[C@H](C)C[C@]4(OC(=O)[C@@H](N)C(C)(C)C)[C@H]([C@@H]3C=C(CO)C[C@]2(O)C1=O)C4(C)C. The highest BCUT2D eigenvalue weighted by Crippen LogP contribution is 2.75. The van der Waals surface area contributed by atoms with Crippen LogP contribution in [0.1, 0.15) is 61.3 Å². The van der Waals surface area contributed by atoms with E-state index in [0.29, 0.717) is 17.6 Å². The minimum absolute atomic E-state index is 0.0106. The number of carbonyl (C=O) groups excluding carboxylic acids is 2. The maximum absolute atomic E-state index is 13.1. The van der Waals surface area contributed by atoms with Crippen molar-refractivity contribution in [1.82, 2.24) is 0 Å². The van der Waals surface area contributed by atoms with Crippen LogP contribution in [0.4, 0.5) is 0 Å². The molecule has 0 amide bonds. The maximum Gasteiger partial charge on any atom is 0.324 e. The van der Waals surface area contributed by atoms with Crippen LogP contribution in [0.2, 0.25) is 0 Å². The number of Topliss-reactive ketones (excluding diaryl/α,β-unsaturated/α-hetero) is 1. The number of rotatable bonds is 3. The summed E-state index contributed by atoms with van der Waals surface area (Å²) < 4.78 is 6.26. The highest BCUT2D eigenvalue weighted by atomic mass is 16.6. The molecule has 0 heterocycles. The van der Waals surface area contributed by atoms with Gasteiger partial charge in [-0.25, -0.2) is 0 Å². The Kier molecular flexibility index (Phi) is 5.17. The molecule has 0 saturated heterocycles. The van der Waals surface area contributed by atoms with Gasteiger partial charge in [0.1, 0.15) is 17.2 Å². The molecule has 1 unspecified atom stereocenters. The topological polar surface area (TPSA) is 110 Å². The van der Waals surface area contributed by atoms with E-state index in [4.69, 9.17) is 10.5 Å². The summed E-state index contributed by atoms with van der Waals surface area (Å²) in [5.74, 6) is -0.745. The average molecular weight is 446 g/mol. The van der Waals surface area contributed by atoms with Gasteiger partial charge < -0.3 is 20.7 Å². The van der Waals surface area contributed by atoms with E-state index in [0.717, 1.165) is 0 Å². The molecule has 0 bridgehead atoms. The van der Waals surface area contributed by atoms with Crippen molar-refractivity contribution in [3.63, 3.8) is 0 Å². The summed E-state index contributed by atoms with van der Waals surface area (Å²) in [5, 5.41) is 21.6. The van der Waals surface area contributed by atoms with E-state index >= 15 is 0 Å². The van der Waals surface area contributed by atoms with Gasteiger partial charge in [0.2, 0.25) is 0 Å². The molecule has 6 heteroatoms. The fourth-order valence-corrected chi connectivity index (χ4v) is 7.28. The summed E-state index contributed by atoms with van der Waals surface area (Å²) in [5.41, 5.74) is 4.71. The van der Waals surface area contributed by atoms with Gasteiger partial charge in [0.05, 0.1) is 6.61 Å². The van der Waals surface area contributed by atoms with E-state index in [1.807, 2.05) is 26.8 Å².